The molecule has 0 aliphatic rings. The van der Waals surface area contributed by atoms with Gasteiger partial charge in [0.05, 0.1) is 5.69 Å². The molecule has 6 nitrogen and oxygen atoms in total. The monoisotopic (exact) mass is 916 g/mol. The molecule has 0 radical (unpaired) electrons. The average Bonchev–Trinajstić information content (AvgIpc) is 3.74. The van der Waals surface area contributed by atoms with Gasteiger partial charge >= 0.3 is 0 Å². The van der Waals surface area contributed by atoms with Crippen LogP contribution in [0.2, 0.25) is 0 Å². The standard InChI is InChI=1S/C49H47N5O.Pt/c1-47(2,3)34-24-25-50-45(29-34)54-43-21-14-13-20-41(43)42-23-22-40(31-44(42)54)55-39-19-15-18-37(30-39)52-32-53(51-46(52)33-16-11-10-12-17-33)38-27-35(48(4,5)6)26-36(28-38)49(7,8)9;/h10-29H,1-9H3;/q-2;. The summed E-state index contributed by atoms with van der Waals surface area (Å²) in [5.74, 6) is 2.73. The molecule has 8 rings (SSSR count). The maximum absolute atomic E-state index is 6.56. The number of aromatic nitrogens is 5. The zero-order chi connectivity index (χ0) is 38.7. The molecule has 0 saturated carbocycles. The summed E-state index contributed by atoms with van der Waals surface area (Å²) in [5, 5.41) is 7.37. The van der Waals surface area contributed by atoms with Gasteiger partial charge in [-0.3, -0.25) is 0 Å². The van der Waals surface area contributed by atoms with E-state index in [9.17, 15) is 0 Å². The fraction of sp³-hybridized carbons (Fsp3) is 0.245. The molecule has 0 aliphatic carbocycles. The van der Waals surface area contributed by atoms with Crippen molar-refractivity contribution in [2.75, 3.05) is 0 Å². The molecule has 0 fully saturated rings. The molecular weight excluding hydrogens is 870 g/mol. The van der Waals surface area contributed by atoms with Crippen molar-refractivity contribution in [1.82, 2.24) is 19.2 Å². The van der Waals surface area contributed by atoms with Crippen LogP contribution in [0.25, 0.3) is 50.4 Å². The largest absolute Gasteiger partial charge is 0.510 e. The Balaban J connectivity index is 0.00000480. The van der Waals surface area contributed by atoms with Gasteiger partial charge < -0.3 is 13.9 Å². The van der Waals surface area contributed by atoms with Gasteiger partial charge in [-0.05, 0) is 56.5 Å². The quantitative estimate of drug-likeness (QED) is 0.123. The maximum atomic E-state index is 6.56. The van der Waals surface area contributed by atoms with Crippen molar-refractivity contribution in [3.8, 4) is 40.1 Å². The summed E-state index contributed by atoms with van der Waals surface area (Å²) >= 11 is 0. The molecule has 0 bridgehead atoms. The summed E-state index contributed by atoms with van der Waals surface area (Å²) in [6.07, 6.45) is 5.45. The summed E-state index contributed by atoms with van der Waals surface area (Å²) < 4.78 is 12.6. The molecule has 0 N–H and O–H groups in total. The number of fused-ring (bicyclic) bond motifs is 3. The van der Waals surface area contributed by atoms with Crippen molar-refractivity contribution in [1.29, 1.82) is 0 Å². The number of rotatable bonds is 6. The Morgan fingerprint density at radius 2 is 1.27 bits per heavy atom. The maximum Gasteiger partial charge on any atom is 0.272 e. The smallest absolute Gasteiger partial charge is 0.272 e. The number of hydrogen-bond acceptors (Lipinski definition) is 3. The van der Waals surface area contributed by atoms with Gasteiger partial charge in [0.25, 0.3) is 6.33 Å². The third-order valence-corrected chi connectivity index (χ3v) is 10.1. The molecule has 3 aromatic heterocycles. The van der Waals surface area contributed by atoms with E-state index in [0.717, 1.165) is 50.4 Å². The van der Waals surface area contributed by atoms with E-state index in [1.807, 2.05) is 57.9 Å². The second kappa shape index (κ2) is 14.6. The Kier molecular flexibility index (Phi) is 10.2. The van der Waals surface area contributed by atoms with Gasteiger partial charge in [0, 0.05) is 49.8 Å². The molecule has 0 amide bonds. The third kappa shape index (κ3) is 7.60. The first-order valence-electron chi connectivity index (χ1n) is 18.9. The molecule has 0 saturated heterocycles. The predicted molar refractivity (Wildman–Crippen MR) is 222 cm³/mol. The van der Waals surface area contributed by atoms with Gasteiger partial charge in [-0.25, -0.2) is 4.98 Å². The Hall–Kier alpha value is -5.32. The first kappa shape index (κ1) is 38.9. The zero-order valence-corrected chi connectivity index (χ0v) is 35.8. The Morgan fingerprint density at radius 3 is 1.96 bits per heavy atom. The van der Waals surface area contributed by atoms with E-state index in [1.54, 1.807) is 0 Å². The van der Waals surface area contributed by atoms with E-state index < -0.39 is 0 Å². The van der Waals surface area contributed by atoms with E-state index in [-0.39, 0.29) is 37.3 Å². The van der Waals surface area contributed by atoms with Crippen molar-refractivity contribution in [3.05, 3.63) is 157 Å². The summed E-state index contributed by atoms with van der Waals surface area (Å²) in [5.41, 5.74) is 8.26. The van der Waals surface area contributed by atoms with Gasteiger partial charge in [0.15, 0.2) is 5.82 Å². The normalized spacial score (nSPS) is 12.2. The molecule has 0 atom stereocenters. The van der Waals surface area contributed by atoms with Crippen molar-refractivity contribution in [2.24, 2.45) is 0 Å². The molecule has 8 aromatic rings. The van der Waals surface area contributed by atoms with Crippen LogP contribution < -0.4 is 9.42 Å². The van der Waals surface area contributed by atoms with E-state index in [4.69, 9.17) is 14.8 Å². The van der Waals surface area contributed by atoms with E-state index >= 15 is 0 Å². The topological polar surface area (TPSA) is 48.8 Å². The minimum Gasteiger partial charge on any atom is -0.510 e. The molecule has 286 valence electrons. The number of hydrogen-bond donors (Lipinski definition) is 0. The summed E-state index contributed by atoms with van der Waals surface area (Å²) in [6, 6.07) is 46.7. The molecule has 0 unspecified atom stereocenters. The first-order valence-corrected chi connectivity index (χ1v) is 18.9. The molecular formula is C49H47N5OPt-2. The summed E-state index contributed by atoms with van der Waals surface area (Å²) in [4.78, 5) is 4.83. The number of ether oxygens (including phenoxy) is 1. The van der Waals surface area contributed by atoms with E-state index in [0.29, 0.717) is 11.5 Å². The molecule has 0 spiro atoms. The number of pyridine rings is 1. The molecule has 56 heavy (non-hydrogen) atoms. The van der Waals surface area contributed by atoms with E-state index in [1.165, 1.54) is 16.7 Å². The van der Waals surface area contributed by atoms with Gasteiger partial charge in [-0.2, -0.15) is 22.9 Å². The minimum absolute atomic E-state index is 0. The van der Waals surface area contributed by atoms with Crippen LogP contribution in [-0.4, -0.2) is 19.2 Å². The predicted octanol–water partition coefficient (Wildman–Crippen LogP) is 11.4. The van der Waals surface area contributed by atoms with Crippen LogP contribution in [0.5, 0.6) is 11.5 Å². The zero-order valence-electron chi connectivity index (χ0n) is 33.5. The van der Waals surface area contributed by atoms with Gasteiger partial charge in [0.1, 0.15) is 5.82 Å². The van der Waals surface area contributed by atoms with Crippen LogP contribution in [-0.2, 0) is 37.3 Å². The van der Waals surface area contributed by atoms with Gasteiger partial charge in [-0.15, -0.1) is 34.8 Å². The Labute approximate surface area is 345 Å². The first-order chi connectivity index (χ1) is 26.1. The summed E-state index contributed by atoms with van der Waals surface area (Å²) in [7, 11) is 0. The molecule has 0 aliphatic heterocycles. The van der Waals surface area contributed by atoms with Crippen molar-refractivity contribution < 1.29 is 30.5 Å². The molecule has 3 heterocycles. The number of nitrogens with zero attached hydrogens (tertiary/aromatic N) is 5. The molecule has 7 heteroatoms. The second-order valence-corrected chi connectivity index (χ2v) is 17.4. The Bertz CT molecular complexity index is 2650. The SMILES string of the molecule is CC(C)(C)c1cc(-[n+]2[c-]n(-c3[c-]c(Oc4[c-]c5c(cc4)c4ccccc4n5-c4cc(C(C)(C)C)ccn4)ccc3)c(-c3ccccc3)n2)cc(C(C)(C)C)c1.[Pt]. The number of para-hydroxylation sites is 1. The molecule has 5 aromatic carbocycles. The van der Waals surface area contributed by atoms with Gasteiger partial charge in [0.2, 0.25) is 0 Å². The van der Waals surface area contributed by atoms with Crippen molar-refractivity contribution in [3.63, 3.8) is 0 Å². The van der Waals surface area contributed by atoms with E-state index in [2.05, 4.69) is 158 Å². The van der Waals surface area contributed by atoms with Gasteiger partial charge in [-0.1, -0.05) is 140 Å². The van der Waals surface area contributed by atoms with Crippen LogP contribution in [0.3, 0.4) is 0 Å². The fourth-order valence-corrected chi connectivity index (χ4v) is 6.88. The van der Waals surface area contributed by atoms with Crippen molar-refractivity contribution in [2.45, 2.75) is 78.6 Å². The second-order valence-electron chi connectivity index (χ2n) is 17.4. The fourth-order valence-electron chi connectivity index (χ4n) is 6.88. The van der Waals surface area contributed by atoms with Crippen LogP contribution in [0.1, 0.15) is 79.0 Å². The van der Waals surface area contributed by atoms with Crippen LogP contribution >= 0.6 is 0 Å². The minimum atomic E-state index is -0.0395. The van der Waals surface area contributed by atoms with Crippen LogP contribution in [0.15, 0.2) is 121 Å². The summed E-state index contributed by atoms with van der Waals surface area (Å²) in [6.45, 7) is 20.1. The average molecular weight is 917 g/mol. The van der Waals surface area contributed by atoms with Crippen LogP contribution in [0.4, 0.5) is 0 Å². The van der Waals surface area contributed by atoms with Crippen molar-refractivity contribution >= 4 is 21.8 Å². The third-order valence-electron chi connectivity index (χ3n) is 10.1. The number of benzene rings is 5. The van der Waals surface area contributed by atoms with Crippen LogP contribution in [0, 0.1) is 18.5 Å². The Morgan fingerprint density at radius 1 is 0.607 bits per heavy atom.